The minimum absolute atomic E-state index is 0. The molecule has 112 valence electrons. The summed E-state index contributed by atoms with van der Waals surface area (Å²) in [6.45, 7) is 8.02. The third kappa shape index (κ3) is 6.03. The Labute approximate surface area is 133 Å². The van der Waals surface area contributed by atoms with Crippen molar-refractivity contribution in [1.82, 2.24) is 5.32 Å². The van der Waals surface area contributed by atoms with Crippen LogP contribution < -0.4 is 22.5 Å². The monoisotopic (exact) mass is 302 g/mol. The quantitative estimate of drug-likeness (QED) is 0.605. The zero-order valence-corrected chi connectivity index (χ0v) is 13.1. The molecule has 0 unspecified atom stereocenters. The molecule has 1 N–H and O–H groups in total. The molecule has 0 aliphatic heterocycles. The van der Waals surface area contributed by atoms with Gasteiger partial charge >= 0.3 is 0 Å². The molecule has 2 rings (SSSR count). The molecule has 0 fully saturated rings. The van der Waals surface area contributed by atoms with Gasteiger partial charge in [0, 0.05) is 13.1 Å². The van der Waals surface area contributed by atoms with Gasteiger partial charge in [-0.15, -0.1) is 6.58 Å². The van der Waals surface area contributed by atoms with Crippen molar-refractivity contribution in [3.63, 3.8) is 0 Å². The topological polar surface area (TPSA) is 21.3 Å². The fraction of sp³-hybridized carbons (Fsp3) is 0.222. The van der Waals surface area contributed by atoms with Crippen molar-refractivity contribution in [3.05, 3.63) is 77.9 Å². The molecule has 2 aromatic carbocycles. The number of ether oxygens (including phenoxy) is 1. The van der Waals surface area contributed by atoms with Crippen LogP contribution in [-0.4, -0.2) is 6.54 Å². The maximum absolute atomic E-state index is 5.83. The van der Waals surface area contributed by atoms with Crippen LogP contribution in [0.2, 0.25) is 0 Å². The standard InChI is InChI=1S/C18H21NO.ClH/c1-3-11-19-13-17-5-4-6-18(12-17)20-14-16-9-7-15(2)8-10-16;/h3-10,12,19H,1,11,13-14H2,2H3;1H/p-1. The van der Waals surface area contributed by atoms with E-state index in [1.165, 1.54) is 16.7 Å². The van der Waals surface area contributed by atoms with Gasteiger partial charge in [0.1, 0.15) is 12.4 Å². The SMILES string of the molecule is C=CCNCc1cccc(OCc2ccc(C)cc2)c1.[Cl-]. The molecule has 0 atom stereocenters. The summed E-state index contributed by atoms with van der Waals surface area (Å²) in [6, 6.07) is 16.6. The van der Waals surface area contributed by atoms with E-state index < -0.39 is 0 Å². The molecule has 3 heteroatoms. The number of hydrogen-bond donors (Lipinski definition) is 1. The normalized spacial score (nSPS) is 9.76. The number of benzene rings is 2. The summed E-state index contributed by atoms with van der Waals surface area (Å²) in [6.07, 6.45) is 1.86. The predicted molar refractivity (Wildman–Crippen MR) is 83.9 cm³/mol. The largest absolute Gasteiger partial charge is 1.00 e. The molecule has 2 aromatic rings. The molecule has 21 heavy (non-hydrogen) atoms. The van der Waals surface area contributed by atoms with Crippen LogP contribution in [0.4, 0.5) is 0 Å². The number of halogens is 1. The summed E-state index contributed by atoms with van der Waals surface area (Å²) in [7, 11) is 0. The Morgan fingerprint density at radius 2 is 1.86 bits per heavy atom. The van der Waals surface area contributed by atoms with Crippen molar-refractivity contribution in [2.75, 3.05) is 6.54 Å². The first kappa shape index (κ1) is 17.3. The molecule has 0 bridgehead atoms. The van der Waals surface area contributed by atoms with Gasteiger partial charge in [-0.25, -0.2) is 0 Å². The number of nitrogens with one attached hydrogen (secondary N) is 1. The molecular weight excluding hydrogens is 282 g/mol. The van der Waals surface area contributed by atoms with E-state index in [0.29, 0.717) is 6.61 Å². The highest BCUT2D eigenvalue weighted by Gasteiger charge is 1.98. The van der Waals surface area contributed by atoms with Gasteiger partial charge in [-0.1, -0.05) is 48.0 Å². The zero-order chi connectivity index (χ0) is 14.2. The van der Waals surface area contributed by atoms with E-state index in [9.17, 15) is 0 Å². The van der Waals surface area contributed by atoms with Crippen LogP contribution in [0, 0.1) is 6.92 Å². The third-order valence-corrected chi connectivity index (χ3v) is 3.04. The number of hydrogen-bond acceptors (Lipinski definition) is 2. The van der Waals surface area contributed by atoms with E-state index >= 15 is 0 Å². The highest BCUT2D eigenvalue weighted by Crippen LogP contribution is 2.15. The molecule has 0 aliphatic carbocycles. The van der Waals surface area contributed by atoms with Crippen molar-refractivity contribution < 1.29 is 17.1 Å². The highest BCUT2D eigenvalue weighted by atomic mass is 35.5. The van der Waals surface area contributed by atoms with Crippen LogP contribution in [0.5, 0.6) is 5.75 Å². The van der Waals surface area contributed by atoms with Gasteiger partial charge in [0.2, 0.25) is 0 Å². The third-order valence-electron chi connectivity index (χ3n) is 3.04. The lowest BCUT2D eigenvalue weighted by Crippen LogP contribution is -3.00. The fourth-order valence-electron chi connectivity index (χ4n) is 1.91. The first-order chi connectivity index (χ1) is 9.78. The second-order valence-corrected chi connectivity index (χ2v) is 4.84. The molecule has 0 radical (unpaired) electrons. The van der Waals surface area contributed by atoms with Crippen LogP contribution >= 0.6 is 0 Å². The Morgan fingerprint density at radius 1 is 1.10 bits per heavy atom. The van der Waals surface area contributed by atoms with E-state index in [4.69, 9.17) is 4.74 Å². The van der Waals surface area contributed by atoms with Crippen molar-refractivity contribution >= 4 is 0 Å². The van der Waals surface area contributed by atoms with Crippen LogP contribution in [-0.2, 0) is 13.2 Å². The number of aryl methyl sites for hydroxylation is 1. The van der Waals surface area contributed by atoms with Crippen LogP contribution in [0.25, 0.3) is 0 Å². The van der Waals surface area contributed by atoms with Gasteiger partial charge in [0.25, 0.3) is 0 Å². The fourth-order valence-corrected chi connectivity index (χ4v) is 1.91. The Balaban J connectivity index is 0.00000220. The molecule has 0 aromatic heterocycles. The van der Waals surface area contributed by atoms with Gasteiger partial charge in [-0.05, 0) is 30.2 Å². The predicted octanol–water partition coefficient (Wildman–Crippen LogP) is 0.854. The van der Waals surface area contributed by atoms with Crippen LogP contribution in [0.3, 0.4) is 0 Å². The maximum Gasteiger partial charge on any atom is 0.120 e. The lowest BCUT2D eigenvalue weighted by molar-refractivity contribution is -0.00000455. The molecule has 0 amide bonds. The molecule has 0 spiro atoms. The molecule has 0 saturated carbocycles. The minimum Gasteiger partial charge on any atom is -1.00 e. The van der Waals surface area contributed by atoms with Gasteiger partial charge in [0.05, 0.1) is 0 Å². The van der Waals surface area contributed by atoms with E-state index in [1.807, 2.05) is 18.2 Å². The van der Waals surface area contributed by atoms with Crippen LogP contribution in [0.1, 0.15) is 16.7 Å². The smallest absolute Gasteiger partial charge is 0.120 e. The summed E-state index contributed by atoms with van der Waals surface area (Å²) >= 11 is 0. The summed E-state index contributed by atoms with van der Waals surface area (Å²) < 4.78 is 5.83. The van der Waals surface area contributed by atoms with Gasteiger partial charge < -0.3 is 22.5 Å². The minimum atomic E-state index is 0. The van der Waals surface area contributed by atoms with Crippen molar-refractivity contribution in [1.29, 1.82) is 0 Å². The zero-order valence-electron chi connectivity index (χ0n) is 12.3. The van der Waals surface area contributed by atoms with E-state index in [2.05, 4.69) is 55.2 Å². The lowest BCUT2D eigenvalue weighted by Gasteiger charge is -2.09. The maximum atomic E-state index is 5.83. The van der Waals surface area contributed by atoms with Gasteiger partial charge in [-0.3, -0.25) is 0 Å². The molecule has 0 aliphatic rings. The number of rotatable bonds is 7. The molecule has 0 saturated heterocycles. The average molecular weight is 303 g/mol. The van der Waals surface area contributed by atoms with Crippen molar-refractivity contribution in [2.24, 2.45) is 0 Å². The van der Waals surface area contributed by atoms with Crippen molar-refractivity contribution in [3.8, 4) is 5.75 Å². The first-order valence-corrected chi connectivity index (χ1v) is 6.87. The van der Waals surface area contributed by atoms with E-state index in [0.717, 1.165) is 18.8 Å². The Bertz CT molecular complexity index is 551. The summed E-state index contributed by atoms with van der Waals surface area (Å²) in [5.74, 6) is 0.906. The van der Waals surface area contributed by atoms with Gasteiger partial charge in [-0.2, -0.15) is 0 Å². The summed E-state index contributed by atoms with van der Waals surface area (Å²) in [5.41, 5.74) is 3.67. The van der Waals surface area contributed by atoms with E-state index in [1.54, 1.807) is 0 Å². The lowest BCUT2D eigenvalue weighted by atomic mass is 10.2. The molecule has 2 nitrogen and oxygen atoms in total. The van der Waals surface area contributed by atoms with E-state index in [-0.39, 0.29) is 12.4 Å². The first-order valence-electron chi connectivity index (χ1n) is 6.87. The Hall–Kier alpha value is -1.77. The summed E-state index contributed by atoms with van der Waals surface area (Å²) in [5, 5.41) is 3.28. The Kier molecular flexibility index (Phi) is 7.59. The second-order valence-electron chi connectivity index (χ2n) is 4.84. The highest BCUT2D eigenvalue weighted by molar-refractivity contribution is 5.29. The average Bonchev–Trinajstić information content (AvgIpc) is 2.47. The summed E-state index contributed by atoms with van der Waals surface area (Å²) in [4.78, 5) is 0. The Morgan fingerprint density at radius 3 is 2.57 bits per heavy atom. The second kappa shape index (κ2) is 9.22. The van der Waals surface area contributed by atoms with Gasteiger partial charge in [0.15, 0.2) is 0 Å². The van der Waals surface area contributed by atoms with Crippen LogP contribution in [0.15, 0.2) is 61.2 Å². The molecular formula is C18H21ClNO-. The molecule has 0 heterocycles. The van der Waals surface area contributed by atoms with Crippen molar-refractivity contribution in [2.45, 2.75) is 20.1 Å².